The van der Waals surface area contributed by atoms with Gasteiger partial charge in [0, 0.05) is 24.7 Å². The highest BCUT2D eigenvalue weighted by atomic mass is 32.2. The number of anilines is 1. The topological polar surface area (TPSA) is 93.2 Å². The van der Waals surface area contributed by atoms with E-state index < -0.39 is 26.9 Å². The molecule has 3 rings (SSSR count). The molecule has 0 atom stereocenters. The number of nitrogens with zero attached hydrogens (tertiary/aromatic N) is 2. The van der Waals surface area contributed by atoms with Crippen LogP contribution in [-0.2, 0) is 10.0 Å². The molecule has 1 heterocycles. The molecule has 10 heteroatoms. The minimum absolute atomic E-state index is 0.135. The van der Waals surface area contributed by atoms with Crippen LogP contribution in [0, 0.1) is 17.6 Å². The monoisotopic (exact) mass is 440 g/mol. The lowest BCUT2D eigenvalue weighted by molar-refractivity contribution is 0.336. The van der Waals surface area contributed by atoms with Gasteiger partial charge in [-0.2, -0.15) is 0 Å². The van der Waals surface area contributed by atoms with E-state index >= 15 is 0 Å². The first-order valence-corrected chi connectivity index (χ1v) is 11.5. The molecule has 1 saturated carbocycles. The largest absolute Gasteiger partial charge is 0.437 e. The van der Waals surface area contributed by atoms with Crippen molar-refractivity contribution >= 4 is 15.8 Å². The second kappa shape index (κ2) is 9.65. The molecule has 2 N–H and O–H groups in total. The van der Waals surface area contributed by atoms with Gasteiger partial charge in [0.25, 0.3) is 0 Å². The Balaban J connectivity index is 1.45. The van der Waals surface area contributed by atoms with Gasteiger partial charge in [-0.05, 0) is 63.6 Å². The lowest BCUT2D eigenvalue weighted by Gasteiger charge is -2.29. The van der Waals surface area contributed by atoms with Crippen molar-refractivity contribution in [3.8, 4) is 11.6 Å². The minimum Gasteiger partial charge on any atom is -0.437 e. The van der Waals surface area contributed by atoms with E-state index in [9.17, 15) is 17.2 Å². The van der Waals surface area contributed by atoms with Gasteiger partial charge in [0.15, 0.2) is 11.6 Å². The van der Waals surface area contributed by atoms with Gasteiger partial charge in [-0.15, -0.1) is 10.2 Å². The van der Waals surface area contributed by atoms with Crippen LogP contribution in [0.4, 0.5) is 14.6 Å². The van der Waals surface area contributed by atoms with Crippen LogP contribution in [0.2, 0.25) is 0 Å². The number of nitrogens with one attached hydrogen (secondary N) is 2. The first-order chi connectivity index (χ1) is 14.2. The fourth-order valence-electron chi connectivity index (χ4n) is 3.23. The van der Waals surface area contributed by atoms with E-state index in [1.165, 1.54) is 6.07 Å². The van der Waals surface area contributed by atoms with E-state index in [2.05, 4.69) is 20.2 Å². The molecule has 0 spiro atoms. The molecule has 2 aromatic rings. The van der Waals surface area contributed by atoms with Crippen LogP contribution in [0.5, 0.6) is 11.6 Å². The Morgan fingerprint density at radius 2 is 1.80 bits per heavy atom. The standard InChI is InChI=1S/C20H26F2N4O3S/c1-13(2)30(27,28)23-12-14-3-5-15(6-4-14)24-19-9-10-20(26-25-19)29-16-7-8-17(21)18(22)11-16/h7-11,13-15,23H,3-6,12H2,1-2H3,(H,24,25)/t14-,15-. The number of hydrogen-bond donors (Lipinski definition) is 2. The molecule has 7 nitrogen and oxygen atoms in total. The number of halogens is 2. The number of hydrogen-bond acceptors (Lipinski definition) is 6. The van der Waals surface area contributed by atoms with Gasteiger partial charge in [0.05, 0.1) is 5.25 Å². The Bertz CT molecular complexity index is 947. The van der Waals surface area contributed by atoms with Gasteiger partial charge in [0.2, 0.25) is 15.9 Å². The minimum atomic E-state index is -3.23. The van der Waals surface area contributed by atoms with Gasteiger partial charge < -0.3 is 10.1 Å². The fraction of sp³-hybridized carbons (Fsp3) is 0.500. The zero-order valence-corrected chi connectivity index (χ0v) is 17.8. The van der Waals surface area contributed by atoms with Crippen LogP contribution < -0.4 is 14.8 Å². The second-order valence-corrected chi connectivity index (χ2v) is 10.1. The Kier molecular flexibility index (Phi) is 7.19. The number of rotatable bonds is 8. The van der Waals surface area contributed by atoms with Crippen molar-refractivity contribution in [2.45, 2.75) is 50.8 Å². The molecule has 30 heavy (non-hydrogen) atoms. The molecular weight excluding hydrogens is 414 g/mol. The van der Waals surface area contributed by atoms with Crippen molar-refractivity contribution in [2.75, 3.05) is 11.9 Å². The number of benzene rings is 1. The van der Waals surface area contributed by atoms with Gasteiger partial charge in [-0.1, -0.05) is 0 Å². The Labute approximate surface area is 175 Å². The molecule has 0 amide bonds. The predicted octanol–water partition coefficient (Wildman–Crippen LogP) is 3.85. The summed E-state index contributed by atoms with van der Waals surface area (Å²) in [7, 11) is -3.23. The van der Waals surface area contributed by atoms with Crippen LogP contribution >= 0.6 is 0 Å². The maximum Gasteiger partial charge on any atom is 0.238 e. The zero-order chi connectivity index (χ0) is 21.7. The van der Waals surface area contributed by atoms with Crippen LogP contribution in [0.1, 0.15) is 39.5 Å². The molecule has 1 aliphatic rings. The summed E-state index contributed by atoms with van der Waals surface area (Å²) in [6.45, 7) is 3.81. The van der Waals surface area contributed by atoms with Crippen molar-refractivity contribution in [1.82, 2.24) is 14.9 Å². The van der Waals surface area contributed by atoms with Crippen molar-refractivity contribution in [1.29, 1.82) is 0 Å². The van der Waals surface area contributed by atoms with E-state index in [0.29, 0.717) is 18.3 Å². The third-order valence-corrected chi connectivity index (χ3v) is 6.96. The Hall–Kier alpha value is -2.33. The van der Waals surface area contributed by atoms with Crippen molar-refractivity contribution in [3.63, 3.8) is 0 Å². The van der Waals surface area contributed by atoms with E-state index in [1.54, 1.807) is 26.0 Å². The summed E-state index contributed by atoms with van der Waals surface area (Å²) in [5.41, 5.74) is 0. The first-order valence-electron chi connectivity index (χ1n) is 9.94. The summed E-state index contributed by atoms with van der Waals surface area (Å²) in [6.07, 6.45) is 3.65. The molecule has 1 aromatic heterocycles. The molecule has 1 fully saturated rings. The molecule has 0 unspecified atom stereocenters. The summed E-state index contributed by atoms with van der Waals surface area (Å²) >= 11 is 0. The molecule has 1 aromatic carbocycles. The highest BCUT2D eigenvalue weighted by Gasteiger charge is 2.24. The van der Waals surface area contributed by atoms with E-state index in [-0.39, 0.29) is 17.7 Å². The van der Waals surface area contributed by atoms with Crippen LogP contribution in [-0.4, -0.2) is 36.5 Å². The predicted molar refractivity (Wildman–Crippen MR) is 110 cm³/mol. The number of ether oxygens (including phenoxy) is 1. The molecule has 1 aliphatic carbocycles. The second-order valence-electron chi connectivity index (χ2n) is 7.74. The molecule has 0 aliphatic heterocycles. The molecule has 0 radical (unpaired) electrons. The number of sulfonamides is 1. The molecular formula is C20H26F2N4O3S. The maximum atomic E-state index is 13.2. The molecule has 164 valence electrons. The summed E-state index contributed by atoms with van der Waals surface area (Å²) in [5, 5.41) is 10.9. The normalized spacial score (nSPS) is 19.6. The van der Waals surface area contributed by atoms with Crippen molar-refractivity contribution in [3.05, 3.63) is 42.0 Å². The van der Waals surface area contributed by atoms with Crippen molar-refractivity contribution in [2.24, 2.45) is 5.92 Å². The van der Waals surface area contributed by atoms with E-state index in [0.717, 1.165) is 37.8 Å². The van der Waals surface area contributed by atoms with Gasteiger partial charge in [-0.3, -0.25) is 0 Å². The highest BCUT2D eigenvalue weighted by molar-refractivity contribution is 7.90. The van der Waals surface area contributed by atoms with Gasteiger partial charge in [0.1, 0.15) is 11.6 Å². The van der Waals surface area contributed by atoms with E-state index in [4.69, 9.17) is 4.74 Å². The quantitative estimate of drug-likeness (QED) is 0.648. The lowest BCUT2D eigenvalue weighted by atomic mass is 9.86. The molecule has 0 bridgehead atoms. The number of aromatic nitrogens is 2. The molecule has 0 saturated heterocycles. The van der Waals surface area contributed by atoms with E-state index in [1.807, 2.05) is 0 Å². The smallest absolute Gasteiger partial charge is 0.238 e. The Morgan fingerprint density at radius 1 is 1.07 bits per heavy atom. The SMILES string of the molecule is CC(C)S(=O)(=O)NC[C@H]1CC[C@H](Nc2ccc(Oc3ccc(F)c(F)c3)nn2)CC1. The highest BCUT2D eigenvalue weighted by Crippen LogP contribution is 2.27. The zero-order valence-electron chi connectivity index (χ0n) is 16.9. The summed E-state index contributed by atoms with van der Waals surface area (Å²) in [5.74, 6) is -0.708. The summed E-state index contributed by atoms with van der Waals surface area (Å²) in [6, 6.07) is 6.79. The first kappa shape index (κ1) is 22.4. The average Bonchev–Trinajstić information content (AvgIpc) is 2.72. The average molecular weight is 441 g/mol. The third-order valence-electron chi connectivity index (χ3n) is 5.15. The fourth-order valence-corrected chi connectivity index (χ4v) is 4.03. The third kappa shape index (κ3) is 6.09. The maximum absolute atomic E-state index is 13.2. The summed E-state index contributed by atoms with van der Waals surface area (Å²) < 4.78 is 58.0. The lowest BCUT2D eigenvalue weighted by Crippen LogP contribution is -2.37. The van der Waals surface area contributed by atoms with Crippen LogP contribution in [0.25, 0.3) is 0 Å². The van der Waals surface area contributed by atoms with Crippen LogP contribution in [0.3, 0.4) is 0 Å². The Morgan fingerprint density at radius 3 is 2.40 bits per heavy atom. The van der Waals surface area contributed by atoms with Gasteiger partial charge in [-0.25, -0.2) is 21.9 Å². The van der Waals surface area contributed by atoms with Crippen LogP contribution in [0.15, 0.2) is 30.3 Å². The van der Waals surface area contributed by atoms with Crippen molar-refractivity contribution < 1.29 is 21.9 Å². The van der Waals surface area contributed by atoms with Gasteiger partial charge >= 0.3 is 0 Å². The summed E-state index contributed by atoms with van der Waals surface area (Å²) in [4.78, 5) is 0.